The van der Waals surface area contributed by atoms with Crippen molar-refractivity contribution in [2.45, 2.75) is 12.5 Å². The molecular weight excluding hydrogens is 472 g/mol. The van der Waals surface area contributed by atoms with Gasteiger partial charge in [0.05, 0.1) is 16.9 Å². The number of rotatable bonds is 8. The fourth-order valence-corrected chi connectivity index (χ4v) is 4.49. The van der Waals surface area contributed by atoms with Gasteiger partial charge in [-0.15, -0.1) is 0 Å². The van der Waals surface area contributed by atoms with Gasteiger partial charge < -0.3 is 9.88 Å². The van der Waals surface area contributed by atoms with Crippen LogP contribution in [-0.2, 0) is 21.7 Å². The molecule has 180 valence electrons. The first-order valence-electron chi connectivity index (χ1n) is 10.6. The summed E-state index contributed by atoms with van der Waals surface area (Å²) in [5.41, 5.74) is 0.984. The predicted molar refractivity (Wildman–Crippen MR) is 127 cm³/mol. The molecule has 10 nitrogen and oxygen atoms in total. The SMILES string of the molecule is Cn1ccnc1C(=O)c1ccc(NC(=O)[C@H](CCS(C)(=O)=O)N2C(=O)c3ccccc3C2=O)cc1. The third kappa shape index (κ3) is 4.90. The van der Waals surface area contributed by atoms with Gasteiger partial charge in [-0.1, -0.05) is 12.1 Å². The number of aromatic nitrogens is 2. The van der Waals surface area contributed by atoms with Crippen molar-refractivity contribution in [3.63, 3.8) is 0 Å². The second-order valence-corrected chi connectivity index (χ2v) is 10.5. The van der Waals surface area contributed by atoms with E-state index in [4.69, 9.17) is 0 Å². The Morgan fingerprint density at radius 2 is 1.60 bits per heavy atom. The summed E-state index contributed by atoms with van der Waals surface area (Å²) in [5.74, 6) is -2.46. The van der Waals surface area contributed by atoms with E-state index in [2.05, 4.69) is 10.3 Å². The molecule has 1 N–H and O–H groups in total. The van der Waals surface area contributed by atoms with Gasteiger partial charge in [0.25, 0.3) is 11.8 Å². The van der Waals surface area contributed by atoms with Crippen LogP contribution < -0.4 is 5.32 Å². The molecule has 11 heteroatoms. The lowest BCUT2D eigenvalue weighted by Gasteiger charge is -2.25. The number of carbonyl (C=O) groups excluding carboxylic acids is 4. The summed E-state index contributed by atoms with van der Waals surface area (Å²) < 4.78 is 25.1. The largest absolute Gasteiger partial charge is 0.331 e. The number of nitrogens with zero attached hydrogens (tertiary/aromatic N) is 3. The van der Waals surface area contributed by atoms with Crippen LogP contribution in [0.25, 0.3) is 0 Å². The van der Waals surface area contributed by atoms with Crippen LogP contribution in [0.2, 0.25) is 0 Å². The maximum absolute atomic E-state index is 13.2. The van der Waals surface area contributed by atoms with E-state index in [0.717, 1.165) is 11.2 Å². The number of hydrogen-bond acceptors (Lipinski definition) is 7. The summed E-state index contributed by atoms with van der Waals surface area (Å²) >= 11 is 0. The molecule has 1 atom stereocenters. The lowest BCUT2D eigenvalue weighted by molar-refractivity contribution is -0.120. The summed E-state index contributed by atoms with van der Waals surface area (Å²) in [7, 11) is -1.77. The number of anilines is 1. The molecule has 35 heavy (non-hydrogen) atoms. The molecular formula is C24H22N4O6S. The molecule has 4 rings (SSSR count). The van der Waals surface area contributed by atoms with Gasteiger partial charge in [0, 0.05) is 36.9 Å². The number of fused-ring (bicyclic) bond motifs is 1. The number of benzene rings is 2. The van der Waals surface area contributed by atoms with Crippen LogP contribution in [0.5, 0.6) is 0 Å². The van der Waals surface area contributed by atoms with E-state index in [0.29, 0.717) is 11.3 Å². The van der Waals surface area contributed by atoms with Crippen LogP contribution in [0.1, 0.15) is 43.3 Å². The second kappa shape index (κ2) is 9.26. The Balaban J connectivity index is 1.56. The Hall–Kier alpha value is -4.12. The molecule has 0 unspecified atom stereocenters. The first-order chi connectivity index (χ1) is 16.6. The van der Waals surface area contributed by atoms with E-state index in [1.54, 1.807) is 29.9 Å². The number of aryl methyl sites for hydroxylation is 1. The van der Waals surface area contributed by atoms with Gasteiger partial charge in [-0.3, -0.25) is 24.1 Å². The van der Waals surface area contributed by atoms with Gasteiger partial charge >= 0.3 is 0 Å². The Bertz CT molecular complexity index is 1410. The summed E-state index contributed by atoms with van der Waals surface area (Å²) in [6, 6.07) is 10.9. The third-order valence-corrected chi connectivity index (χ3v) is 6.62. The normalized spacial score (nSPS) is 14.1. The lowest BCUT2D eigenvalue weighted by Crippen LogP contribution is -2.48. The zero-order valence-electron chi connectivity index (χ0n) is 19.0. The minimum absolute atomic E-state index is 0.159. The maximum atomic E-state index is 13.2. The summed E-state index contributed by atoms with van der Waals surface area (Å²) in [4.78, 5) is 56.4. The fraction of sp³-hybridized carbons (Fsp3) is 0.208. The number of nitrogens with one attached hydrogen (secondary N) is 1. The Labute approximate surface area is 201 Å². The van der Waals surface area contributed by atoms with Crippen molar-refractivity contribution in [1.29, 1.82) is 0 Å². The third-order valence-electron chi connectivity index (χ3n) is 5.64. The molecule has 3 aromatic rings. The lowest BCUT2D eigenvalue weighted by atomic mass is 10.1. The molecule has 2 aromatic carbocycles. The van der Waals surface area contributed by atoms with Crippen molar-refractivity contribution in [2.75, 3.05) is 17.3 Å². The van der Waals surface area contributed by atoms with Crippen molar-refractivity contribution in [3.8, 4) is 0 Å². The molecule has 0 bridgehead atoms. The molecule has 0 saturated carbocycles. The molecule has 1 aliphatic heterocycles. The van der Waals surface area contributed by atoms with Crippen LogP contribution in [0.3, 0.4) is 0 Å². The minimum Gasteiger partial charge on any atom is -0.331 e. The Morgan fingerprint density at radius 1 is 1.00 bits per heavy atom. The van der Waals surface area contributed by atoms with Crippen LogP contribution in [0, 0.1) is 0 Å². The van der Waals surface area contributed by atoms with E-state index in [1.165, 1.54) is 42.6 Å². The molecule has 0 radical (unpaired) electrons. The standard InChI is InChI=1S/C24H22N4O6S/c1-27-13-12-25-21(27)20(29)15-7-9-16(10-8-15)26-22(30)19(11-14-35(2,33)34)28-23(31)17-5-3-4-6-18(17)24(28)32/h3-10,12-13,19H,11,14H2,1-2H3,(H,26,30)/t19-/m0/s1. The molecule has 1 aliphatic rings. The molecule has 0 saturated heterocycles. The average Bonchev–Trinajstić information content (AvgIpc) is 3.35. The zero-order chi connectivity index (χ0) is 25.3. The number of ketones is 1. The summed E-state index contributed by atoms with van der Waals surface area (Å²) in [6.45, 7) is 0. The number of sulfone groups is 1. The quantitative estimate of drug-likeness (QED) is 0.372. The monoisotopic (exact) mass is 494 g/mol. The highest BCUT2D eigenvalue weighted by Crippen LogP contribution is 2.26. The van der Waals surface area contributed by atoms with E-state index >= 15 is 0 Å². The summed E-state index contributed by atoms with van der Waals surface area (Å²) in [5, 5.41) is 2.62. The zero-order valence-corrected chi connectivity index (χ0v) is 19.8. The van der Waals surface area contributed by atoms with Crippen molar-refractivity contribution in [3.05, 3.63) is 83.4 Å². The van der Waals surface area contributed by atoms with Gasteiger partial charge in [-0.25, -0.2) is 13.4 Å². The smallest absolute Gasteiger partial charge is 0.262 e. The molecule has 1 aromatic heterocycles. The maximum Gasteiger partial charge on any atom is 0.262 e. The van der Waals surface area contributed by atoms with E-state index in [9.17, 15) is 27.6 Å². The van der Waals surface area contributed by atoms with Gasteiger partial charge in [0.15, 0.2) is 5.82 Å². The van der Waals surface area contributed by atoms with E-state index in [1.807, 2.05) is 0 Å². The molecule has 3 amide bonds. The number of hydrogen-bond donors (Lipinski definition) is 1. The first kappa shape index (κ1) is 24.0. The molecule has 0 fully saturated rings. The number of imide groups is 1. The molecule has 0 aliphatic carbocycles. The van der Waals surface area contributed by atoms with Crippen molar-refractivity contribution < 1.29 is 27.6 Å². The van der Waals surface area contributed by atoms with Crippen LogP contribution in [-0.4, -0.2) is 64.4 Å². The summed E-state index contributed by atoms with van der Waals surface area (Å²) in [6.07, 6.45) is 3.92. The van der Waals surface area contributed by atoms with Crippen molar-refractivity contribution >= 4 is 39.0 Å². The van der Waals surface area contributed by atoms with E-state index in [-0.39, 0.29) is 29.2 Å². The van der Waals surface area contributed by atoms with Gasteiger partial charge in [-0.05, 0) is 42.8 Å². The highest BCUT2D eigenvalue weighted by molar-refractivity contribution is 7.90. The molecule has 0 spiro atoms. The fourth-order valence-electron chi connectivity index (χ4n) is 3.84. The Morgan fingerprint density at radius 3 is 2.11 bits per heavy atom. The van der Waals surface area contributed by atoms with Gasteiger partial charge in [-0.2, -0.15) is 0 Å². The van der Waals surface area contributed by atoms with Crippen LogP contribution in [0.4, 0.5) is 5.69 Å². The molecule has 2 heterocycles. The number of carbonyl (C=O) groups is 4. The first-order valence-corrected chi connectivity index (χ1v) is 12.7. The number of imidazole rings is 1. The predicted octanol–water partition coefficient (Wildman–Crippen LogP) is 1.69. The highest BCUT2D eigenvalue weighted by atomic mass is 32.2. The Kier molecular flexibility index (Phi) is 6.35. The van der Waals surface area contributed by atoms with Gasteiger partial charge in [0.1, 0.15) is 15.9 Å². The highest BCUT2D eigenvalue weighted by Gasteiger charge is 2.42. The second-order valence-electron chi connectivity index (χ2n) is 8.22. The topological polar surface area (TPSA) is 136 Å². The van der Waals surface area contributed by atoms with Crippen molar-refractivity contribution in [2.24, 2.45) is 7.05 Å². The van der Waals surface area contributed by atoms with Gasteiger partial charge in [0.2, 0.25) is 11.7 Å². The minimum atomic E-state index is -3.47. The van der Waals surface area contributed by atoms with E-state index < -0.39 is 39.4 Å². The number of amides is 3. The van der Waals surface area contributed by atoms with Crippen molar-refractivity contribution in [1.82, 2.24) is 14.5 Å². The average molecular weight is 495 g/mol. The van der Waals surface area contributed by atoms with Crippen LogP contribution in [0.15, 0.2) is 60.9 Å². The van der Waals surface area contributed by atoms with Crippen LogP contribution >= 0.6 is 0 Å².